The van der Waals surface area contributed by atoms with Crippen molar-refractivity contribution in [3.8, 4) is 0 Å². The van der Waals surface area contributed by atoms with Crippen LogP contribution in [-0.2, 0) is 11.3 Å². The molecule has 2 aromatic rings. The molecule has 1 unspecified atom stereocenters. The van der Waals surface area contributed by atoms with Crippen molar-refractivity contribution in [2.45, 2.75) is 38.3 Å². The maximum absolute atomic E-state index is 14.1. The van der Waals surface area contributed by atoms with Crippen molar-refractivity contribution >= 4 is 17.8 Å². The van der Waals surface area contributed by atoms with Gasteiger partial charge in [-0.25, -0.2) is 14.2 Å². The largest absolute Gasteiger partial charge is 0.337 e. The third-order valence-corrected chi connectivity index (χ3v) is 6.77. The molecule has 3 amide bonds. The maximum atomic E-state index is 14.1. The predicted molar refractivity (Wildman–Crippen MR) is 130 cm³/mol. The van der Waals surface area contributed by atoms with E-state index in [9.17, 15) is 14.0 Å². The zero-order chi connectivity index (χ0) is 24.2. The van der Waals surface area contributed by atoms with E-state index in [2.05, 4.69) is 27.4 Å². The molecule has 1 saturated heterocycles. The van der Waals surface area contributed by atoms with Crippen molar-refractivity contribution in [3.63, 3.8) is 0 Å². The number of rotatable bonds is 7. The van der Waals surface area contributed by atoms with E-state index < -0.39 is 6.04 Å². The van der Waals surface area contributed by atoms with Crippen LogP contribution in [0.4, 0.5) is 9.18 Å². The minimum Gasteiger partial charge on any atom is -0.337 e. The highest BCUT2D eigenvalue weighted by Gasteiger charge is 2.37. The first-order valence-corrected chi connectivity index (χ1v) is 12.1. The summed E-state index contributed by atoms with van der Waals surface area (Å²) in [6.45, 7) is 2.39. The van der Waals surface area contributed by atoms with Gasteiger partial charge in [0.05, 0.1) is 6.33 Å². The third-order valence-electron chi connectivity index (χ3n) is 6.77. The SMILES string of the molecule is O=C(CN=C1NC(=O)N(CCCn2ccnc2)C1c1cccc(F)c1)N1CCC2=C(C=CCC2)C1. The smallest absolute Gasteiger partial charge is 0.323 e. The first kappa shape index (κ1) is 23.0. The van der Waals surface area contributed by atoms with Crippen LogP contribution < -0.4 is 5.32 Å². The number of hydrogen-bond acceptors (Lipinski definition) is 4. The van der Waals surface area contributed by atoms with Gasteiger partial charge in [0.1, 0.15) is 24.2 Å². The average Bonchev–Trinajstić information content (AvgIpc) is 3.50. The number of imidazole rings is 1. The molecule has 1 aromatic carbocycles. The summed E-state index contributed by atoms with van der Waals surface area (Å²) in [5, 5.41) is 2.82. The minimum atomic E-state index is -0.564. The second kappa shape index (κ2) is 10.2. The predicted octanol–water partition coefficient (Wildman–Crippen LogP) is 3.46. The average molecular weight is 477 g/mol. The van der Waals surface area contributed by atoms with Gasteiger partial charge < -0.3 is 14.4 Å². The Morgan fingerprint density at radius 3 is 3.00 bits per heavy atom. The fourth-order valence-electron chi connectivity index (χ4n) is 4.96. The molecule has 9 heteroatoms. The molecule has 1 aromatic heterocycles. The van der Waals surface area contributed by atoms with Crippen LogP contribution in [0.5, 0.6) is 0 Å². The Morgan fingerprint density at radius 1 is 1.26 bits per heavy atom. The maximum Gasteiger partial charge on any atom is 0.323 e. The number of carbonyl (C=O) groups is 2. The van der Waals surface area contributed by atoms with Crippen LogP contribution in [0.3, 0.4) is 0 Å². The summed E-state index contributed by atoms with van der Waals surface area (Å²) in [5.41, 5.74) is 3.31. The van der Waals surface area contributed by atoms with Crippen LogP contribution in [0.25, 0.3) is 0 Å². The molecule has 1 aliphatic carbocycles. The summed E-state index contributed by atoms with van der Waals surface area (Å²) in [4.78, 5) is 37.9. The molecular formula is C26H29FN6O2. The molecule has 2 aliphatic heterocycles. The Hall–Kier alpha value is -3.75. The van der Waals surface area contributed by atoms with E-state index in [0.29, 0.717) is 44.0 Å². The Morgan fingerprint density at radius 2 is 2.17 bits per heavy atom. The van der Waals surface area contributed by atoms with Crippen LogP contribution in [0.1, 0.15) is 37.3 Å². The number of nitrogens with one attached hydrogen (secondary N) is 1. The summed E-state index contributed by atoms with van der Waals surface area (Å²) in [7, 11) is 0. The number of amidine groups is 1. The van der Waals surface area contributed by atoms with Crippen molar-refractivity contribution in [3.05, 3.63) is 77.7 Å². The molecule has 0 radical (unpaired) electrons. The zero-order valence-electron chi connectivity index (χ0n) is 19.6. The van der Waals surface area contributed by atoms with Gasteiger partial charge >= 0.3 is 6.03 Å². The first-order valence-electron chi connectivity index (χ1n) is 12.1. The second-order valence-corrected chi connectivity index (χ2v) is 9.07. The van der Waals surface area contributed by atoms with Gasteiger partial charge in [-0.05, 0) is 49.0 Å². The number of hydrogen-bond donors (Lipinski definition) is 1. The van der Waals surface area contributed by atoms with Crippen LogP contribution in [0.2, 0.25) is 0 Å². The lowest BCUT2D eigenvalue weighted by Crippen LogP contribution is -2.39. The van der Waals surface area contributed by atoms with Gasteiger partial charge in [0.15, 0.2) is 0 Å². The number of benzene rings is 1. The molecule has 1 fully saturated rings. The summed E-state index contributed by atoms with van der Waals surface area (Å²) < 4.78 is 16.0. The number of aryl methyl sites for hydroxylation is 1. The molecule has 1 N–H and O–H groups in total. The van der Waals surface area contributed by atoms with E-state index in [1.54, 1.807) is 29.6 Å². The Bertz CT molecular complexity index is 1190. The van der Waals surface area contributed by atoms with E-state index in [4.69, 9.17) is 0 Å². The van der Waals surface area contributed by atoms with Gasteiger partial charge in [0.2, 0.25) is 5.91 Å². The number of aromatic nitrogens is 2. The Labute approximate surface area is 203 Å². The van der Waals surface area contributed by atoms with E-state index in [1.165, 1.54) is 23.3 Å². The van der Waals surface area contributed by atoms with E-state index in [0.717, 1.165) is 19.3 Å². The van der Waals surface area contributed by atoms with Gasteiger partial charge in [-0.15, -0.1) is 0 Å². The highest BCUT2D eigenvalue weighted by atomic mass is 19.1. The number of nitrogens with zero attached hydrogens (tertiary/aromatic N) is 5. The molecule has 0 bridgehead atoms. The van der Waals surface area contributed by atoms with E-state index >= 15 is 0 Å². The number of carbonyl (C=O) groups excluding carboxylic acids is 2. The number of urea groups is 1. The third kappa shape index (κ3) is 5.18. The number of halogens is 1. The molecule has 8 nitrogen and oxygen atoms in total. The molecule has 3 aliphatic rings. The van der Waals surface area contributed by atoms with Crippen molar-refractivity contribution < 1.29 is 14.0 Å². The Kier molecular flexibility index (Phi) is 6.74. The van der Waals surface area contributed by atoms with Crippen LogP contribution in [-0.4, -0.2) is 63.3 Å². The van der Waals surface area contributed by atoms with Crippen molar-refractivity contribution in [2.24, 2.45) is 4.99 Å². The molecule has 35 heavy (non-hydrogen) atoms. The van der Waals surface area contributed by atoms with E-state index in [1.807, 2.05) is 15.7 Å². The molecule has 1 atom stereocenters. The summed E-state index contributed by atoms with van der Waals surface area (Å²) >= 11 is 0. The molecule has 3 heterocycles. The summed E-state index contributed by atoms with van der Waals surface area (Å²) in [6, 6.07) is 5.33. The monoisotopic (exact) mass is 476 g/mol. The lowest BCUT2D eigenvalue weighted by molar-refractivity contribution is -0.129. The highest BCUT2D eigenvalue weighted by Crippen LogP contribution is 2.29. The molecule has 0 spiro atoms. The van der Waals surface area contributed by atoms with Crippen molar-refractivity contribution in [1.29, 1.82) is 0 Å². The second-order valence-electron chi connectivity index (χ2n) is 9.07. The Balaban J connectivity index is 1.30. The van der Waals surface area contributed by atoms with Gasteiger partial charge in [-0.3, -0.25) is 15.1 Å². The van der Waals surface area contributed by atoms with Gasteiger partial charge in [0.25, 0.3) is 0 Å². The van der Waals surface area contributed by atoms with Gasteiger partial charge in [0, 0.05) is 38.6 Å². The molecule has 5 rings (SSSR count). The molecular weight excluding hydrogens is 447 g/mol. The summed E-state index contributed by atoms with van der Waals surface area (Å²) in [5.74, 6) is -0.0755. The fraction of sp³-hybridized carbons (Fsp3) is 0.385. The van der Waals surface area contributed by atoms with Crippen molar-refractivity contribution in [1.82, 2.24) is 24.7 Å². The summed E-state index contributed by atoms with van der Waals surface area (Å²) in [6.07, 6.45) is 13.3. The number of allylic oxidation sites excluding steroid dienone is 1. The van der Waals surface area contributed by atoms with Gasteiger partial charge in [-0.2, -0.15) is 0 Å². The lowest BCUT2D eigenvalue weighted by Gasteiger charge is -2.31. The van der Waals surface area contributed by atoms with Gasteiger partial charge in [-0.1, -0.05) is 29.9 Å². The van der Waals surface area contributed by atoms with Crippen LogP contribution in [0, 0.1) is 5.82 Å². The first-order chi connectivity index (χ1) is 17.1. The topological polar surface area (TPSA) is 82.8 Å². The number of aliphatic imine (C=N–C) groups is 1. The highest BCUT2D eigenvalue weighted by molar-refractivity contribution is 6.08. The minimum absolute atomic E-state index is 0.0589. The molecule has 0 saturated carbocycles. The van der Waals surface area contributed by atoms with Crippen LogP contribution >= 0.6 is 0 Å². The fourth-order valence-corrected chi connectivity index (χ4v) is 4.96. The van der Waals surface area contributed by atoms with Crippen molar-refractivity contribution in [2.75, 3.05) is 26.2 Å². The normalized spacial score (nSPS) is 21.0. The lowest BCUT2D eigenvalue weighted by atomic mass is 9.92. The molecule has 182 valence electrons. The quantitative estimate of drug-likeness (QED) is 0.665. The van der Waals surface area contributed by atoms with E-state index in [-0.39, 0.29) is 24.3 Å². The van der Waals surface area contributed by atoms with Crippen LogP contribution in [0.15, 0.2) is 71.3 Å². The zero-order valence-corrected chi connectivity index (χ0v) is 19.6. The standard InChI is InChI=1S/C26H29FN6O2/c27-22-8-3-7-20(15-22)24-25(30-26(35)33(24)12-4-11-31-14-10-28-18-31)29-16-23(34)32-13-9-19-5-1-2-6-21(19)17-32/h2-3,6-8,10,14-15,18,24H,1,4-5,9,11-13,16-17H2,(H,29,30,35). The number of amides is 3.